The lowest BCUT2D eigenvalue weighted by molar-refractivity contribution is 0.864. The zero-order chi connectivity index (χ0) is 7.40. The predicted octanol–water partition coefficient (Wildman–Crippen LogP) is 0.957. The van der Waals surface area contributed by atoms with Crippen LogP contribution >= 0.6 is 11.6 Å². The van der Waals surface area contributed by atoms with E-state index in [1.807, 2.05) is 6.92 Å². The van der Waals surface area contributed by atoms with Crippen LogP contribution in [0.1, 0.15) is 6.92 Å². The lowest BCUT2D eigenvalue weighted by Crippen LogP contribution is -2.01. The minimum atomic E-state index is 0.497. The lowest BCUT2D eigenvalue weighted by atomic mass is 10.6. The van der Waals surface area contributed by atoms with Crippen LogP contribution in [0.2, 0.25) is 5.02 Å². The molecule has 4 nitrogen and oxygen atoms in total. The number of hydrogen-bond acceptors (Lipinski definition) is 4. The zero-order valence-corrected chi connectivity index (χ0v) is 6.26. The Hall–Kier alpha value is -0.900. The van der Waals surface area contributed by atoms with Crippen LogP contribution in [-0.2, 0) is 0 Å². The van der Waals surface area contributed by atoms with Gasteiger partial charge in [-0.1, -0.05) is 11.6 Å². The molecule has 0 fully saturated rings. The maximum absolute atomic E-state index is 5.68. The first-order chi connectivity index (χ1) is 4.84. The van der Waals surface area contributed by atoms with Crippen molar-refractivity contribution in [1.29, 1.82) is 0 Å². The summed E-state index contributed by atoms with van der Waals surface area (Å²) in [5.74, 6) is 0.583. The van der Waals surface area contributed by atoms with Gasteiger partial charge in [0.2, 0.25) is 0 Å². The molecule has 0 aliphatic rings. The molecule has 1 aromatic heterocycles. The molecule has 0 amide bonds. The van der Waals surface area contributed by atoms with Crippen LogP contribution < -0.4 is 5.32 Å². The van der Waals surface area contributed by atoms with Crippen LogP contribution in [0.25, 0.3) is 0 Å². The second-order valence-corrected chi connectivity index (χ2v) is 2.07. The second-order valence-electron chi connectivity index (χ2n) is 1.66. The summed E-state index contributed by atoms with van der Waals surface area (Å²) >= 11 is 5.68. The highest BCUT2D eigenvalue weighted by atomic mass is 35.5. The van der Waals surface area contributed by atoms with Crippen molar-refractivity contribution in [2.24, 2.45) is 0 Å². The Morgan fingerprint density at radius 3 is 3.10 bits per heavy atom. The SMILES string of the molecule is CCNc1nnncc1Cl. The third kappa shape index (κ3) is 1.54. The number of rotatable bonds is 2. The smallest absolute Gasteiger partial charge is 0.170 e. The van der Waals surface area contributed by atoms with Crippen molar-refractivity contribution in [3.05, 3.63) is 11.2 Å². The Kier molecular flexibility index (Phi) is 2.39. The normalized spacial score (nSPS) is 9.40. The molecule has 10 heavy (non-hydrogen) atoms. The van der Waals surface area contributed by atoms with Gasteiger partial charge in [0, 0.05) is 6.54 Å². The molecule has 0 unspecified atom stereocenters. The Morgan fingerprint density at radius 2 is 2.50 bits per heavy atom. The van der Waals surface area contributed by atoms with E-state index in [4.69, 9.17) is 11.6 Å². The topological polar surface area (TPSA) is 50.7 Å². The summed E-state index contributed by atoms with van der Waals surface area (Å²) in [5.41, 5.74) is 0. The molecular formula is C5H7ClN4. The number of aromatic nitrogens is 3. The summed E-state index contributed by atoms with van der Waals surface area (Å²) in [4.78, 5) is 0. The number of nitrogens with one attached hydrogen (secondary N) is 1. The molecule has 5 heteroatoms. The van der Waals surface area contributed by atoms with E-state index >= 15 is 0 Å². The maximum atomic E-state index is 5.68. The maximum Gasteiger partial charge on any atom is 0.170 e. The van der Waals surface area contributed by atoms with E-state index in [9.17, 15) is 0 Å². The number of anilines is 1. The minimum absolute atomic E-state index is 0.497. The summed E-state index contributed by atoms with van der Waals surface area (Å²) in [6.45, 7) is 2.73. The van der Waals surface area contributed by atoms with E-state index in [-0.39, 0.29) is 0 Å². The fourth-order valence-corrected chi connectivity index (χ4v) is 0.691. The Bertz CT molecular complexity index is 215. The van der Waals surface area contributed by atoms with Crippen molar-refractivity contribution in [3.63, 3.8) is 0 Å². The quantitative estimate of drug-likeness (QED) is 0.697. The van der Waals surface area contributed by atoms with Crippen molar-refractivity contribution < 1.29 is 0 Å². The van der Waals surface area contributed by atoms with Crippen LogP contribution in [0.4, 0.5) is 5.82 Å². The standard InChI is InChI=1S/C5H7ClN4/c1-2-7-5-4(6)3-8-10-9-5/h3H,2H2,1H3,(H,7,8,9). The molecule has 1 rings (SSSR count). The molecule has 1 heterocycles. The highest BCUT2D eigenvalue weighted by Gasteiger charge is 1.97. The molecule has 0 aromatic carbocycles. The van der Waals surface area contributed by atoms with Gasteiger partial charge in [-0.2, -0.15) is 0 Å². The summed E-state index contributed by atoms with van der Waals surface area (Å²) in [6.07, 6.45) is 1.45. The van der Waals surface area contributed by atoms with Crippen molar-refractivity contribution >= 4 is 17.4 Å². The Labute approximate surface area is 63.6 Å². The number of nitrogens with zero attached hydrogens (tertiary/aromatic N) is 3. The molecule has 0 bridgehead atoms. The summed E-state index contributed by atoms with van der Waals surface area (Å²) in [6, 6.07) is 0. The van der Waals surface area contributed by atoms with E-state index in [2.05, 4.69) is 20.7 Å². The fraction of sp³-hybridized carbons (Fsp3) is 0.400. The third-order valence-corrected chi connectivity index (χ3v) is 1.21. The molecule has 0 saturated carbocycles. The van der Waals surface area contributed by atoms with Gasteiger partial charge in [0.25, 0.3) is 0 Å². The van der Waals surface area contributed by atoms with Crippen LogP contribution in [0.5, 0.6) is 0 Å². The Balaban J connectivity index is 2.81. The highest BCUT2D eigenvalue weighted by molar-refractivity contribution is 6.32. The van der Waals surface area contributed by atoms with Gasteiger partial charge in [-0.05, 0) is 12.1 Å². The molecule has 1 N–H and O–H groups in total. The molecule has 0 spiro atoms. The monoisotopic (exact) mass is 158 g/mol. The molecule has 0 atom stereocenters. The fourth-order valence-electron chi connectivity index (χ4n) is 0.543. The average Bonchev–Trinajstić information content (AvgIpc) is 1.94. The number of halogens is 1. The highest BCUT2D eigenvalue weighted by Crippen LogP contribution is 2.13. The van der Waals surface area contributed by atoms with E-state index in [1.54, 1.807) is 0 Å². The van der Waals surface area contributed by atoms with Gasteiger partial charge in [0.15, 0.2) is 5.82 Å². The first kappa shape index (κ1) is 7.21. The molecule has 0 radical (unpaired) electrons. The van der Waals surface area contributed by atoms with Gasteiger partial charge < -0.3 is 5.32 Å². The predicted molar refractivity (Wildman–Crippen MR) is 39.0 cm³/mol. The lowest BCUT2D eigenvalue weighted by Gasteiger charge is -1.99. The van der Waals surface area contributed by atoms with Crippen LogP contribution in [0.15, 0.2) is 6.20 Å². The van der Waals surface area contributed by atoms with Gasteiger partial charge in [0.1, 0.15) is 5.02 Å². The van der Waals surface area contributed by atoms with E-state index in [1.165, 1.54) is 6.20 Å². The molecule has 1 aromatic rings. The van der Waals surface area contributed by atoms with Crippen LogP contribution in [-0.4, -0.2) is 22.0 Å². The Morgan fingerprint density at radius 1 is 1.70 bits per heavy atom. The van der Waals surface area contributed by atoms with E-state index in [0.717, 1.165) is 6.54 Å². The van der Waals surface area contributed by atoms with Crippen molar-refractivity contribution in [1.82, 2.24) is 15.4 Å². The van der Waals surface area contributed by atoms with Gasteiger partial charge >= 0.3 is 0 Å². The third-order valence-electron chi connectivity index (χ3n) is 0.938. The summed E-state index contributed by atoms with van der Waals surface area (Å²) in [7, 11) is 0. The van der Waals surface area contributed by atoms with Gasteiger partial charge in [-0.15, -0.1) is 10.2 Å². The molecule has 54 valence electrons. The largest absolute Gasteiger partial charge is 0.368 e. The number of hydrogen-bond donors (Lipinski definition) is 1. The van der Waals surface area contributed by atoms with Crippen LogP contribution in [0, 0.1) is 0 Å². The first-order valence-electron chi connectivity index (χ1n) is 2.92. The van der Waals surface area contributed by atoms with Gasteiger partial charge in [-0.3, -0.25) is 0 Å². The molecule has 0 saturated heterocycles. The van der Waals surface area contributed by atoms with Gasteiger partial charge in [-0.25, -0.2) is 0 Å². The van der Waals surface area contributed by atoms with Gasteiger partial charge in [0.05, 0.1) is 6.20 Å². The van der Waals surface area contributed by atoms with Crippen molar-refractivity contribution in [3.8, 4) is 0 Å². The minimum Gasteiger partial charge on any atom is -0.368 e. The van der Waals surface area contributed by atoms with E-state index < -0.39 is 0 Å². The van der Waals surface area contributed by atoms with E-state index in [0.29, 0.717) is 10.8 Å². The first-order valence-corrected chi connectivity index (χ1v) is 3.30. The average molecular weight is 159 g/mol. The summed E-state index contributed by atoms with van der Waals surface area (Å²) < 4.78 is 0. The summed E-state index contributed by atoms with van der Waals surface area (Å²) in [5, 5.41) is 14.0. The van der Waals surface area contributed by atoms with Crippen molar-refractivity contribution in [2.45, 2.75) is 6.92 Å². The zero-order valence-electron chi connectivity index (χ0n) is 5.50. The van der Waals surface area contributed by atoms with Crippen LogP contribution in [0.3, 0.4) is 0 Å². The molecule has 0 aliphatic heterocycles. The van der Waals surface area contributed by atoms with Crippen molar-refractivity contribution in [2.75, 3.05) is 11.9 Å². The molecule has 0 aliphatic carbocycles. The second kappa shape index (κ2) is 3.31. The molecular weight excluding hydrogens is 152 g/mol.